The molecule has 1 nitrogen and oxygen atoms in total. The quantitative estimate of drug-likeness (QED) is 0.588. The Balaban J connectivity index is 2.13. The Morgan fingerprint density at radius 3 is 2.42 bits per heavy atom. The number of fused-ring (bicyclic) bond motifs is 1. The summed E-state index contributed by atoms with van der Waals surface area (Å²) in [4.78, 5) is 13.0. The van der Waals surface area contributed by atoms with E-state index in [-0.39, 0.29) is 0 Å². The van der Waals surface area contributed by atoms with E-state index in [0.29, 0.717) is 0 Å². The standard InChI is InChI=1S/C17H12OS/c18-11-10-16-15-9-5-4-8-14(15)12-17(19-16)13-6-2-1-3-7-13/h1-12H/b16-10-. The third-order valence-electron chi connectivity index (χ3n) is 3.01. The predicted molar refractivity (Wildman–Crippen MR) is 82.4 cm³/mol. The molecule has 0 aromatic heterocycles. The van der Waals surface area contributed by atoms with Gasteiger partial charge in [-0.3, -0.25) is 4.79 Å². The number of allylic oxidation sites excluding steroid dienone is 1. The zero-order chi connectivity index (χ0) is 13.1. The van der Waals surface area contributed by atoms with E-state index in [1.165, 1.54) is 10.5 Å². The number of carbonyl (C=O) groups excluding carboxylic acids is 1. The van der Waals surface area contributed by atoms with Gasteiger partial charge in [-0.15, -0.1) is 0 Å². The highest BCUT2D eigenvalue weighted by molar-refractivity contribution is 8.16. The SMILES string of the molecule is O=C/C=C1\SC(c2ccccc2)=Cc2ccccc21. The summed E-state index contributed by atoms with van der Waals surface area (Å²) in [6, 6.07) is 18.4. The van der Waals surface area contributed by atoms with E-state index in [1.54, 1.807) is 17.8 Å². The monoisotopic (exact) mass is 264 g/mol. The van der Waals surface area contributed by atoms with Gasteiger partial charge in [0.1, 0.15) is 6.29 Å². The van der Waals surface area contributed by atoms with Crippen LogP contribution in [0.5, 0.6) is 0 Å². The van der Waals surface area contributed by atoms with E-state index in [0.717, 1.165) is 22.3 Å². The van der Waals surface area contributed by atoms with Crippen molar-refractivity contribution in [2.75, 3.05) is 0 Å². The van der Waals surface area contributed by atoms with Gasteiger partial charge in [-0.1, -0.05) is 66.4 Å². The normalized spacial score (nSPS) is 15.8. The molecule has 0 radical (unpaired) electrons. The Morgan fingerprint density at radius 1 is 0.895 bits per heavy atom. The predicted octanol–water partition coefficient (Wildman–Crippen LogP) is 4.47. The zero-order valence-electron chi connectivity index (χ0n) is 10.2. The van der Waals surface area contributed by atoms with Crippen LogP contribution < -0.4 is 0 Å². The molecule has 92 valence electrons. The van der Waals surface area contributed by atoms with Gasteiger partial charge in [0, 0.05) is 9.81 Å². The van der Waals surface area contributed by atoms with E-state index >= 15 is 0 Å². The Kier molecular flexibility index (Phi) is 3.34. The Hall–Kier alpha value is -2.06. The Bertz CT molecular complexity index is 669. The molecule has 0 atom stereocenters. The topological polar surface area (TPSA) is 17.1 Å². The van der Waals surface area contributed by atoms with Crippen molar-refractivity contribution in [1.82, 2.24) is 0 Å². The van der Waals surface area contributed by atoms with Crippen LogP contribution in [0.4, 0.5) is 0 Å². The van der Waals surface area contributed by atoms with Crippen molar-refractivity contribution in [3.63, 3.8) is 0 Å². The highest BCUT2D eigenvalue weighted by Crippen LogP contribution is 2.45. The number of rotatable bonds is 2. The molecule has 0 saturated carbocycles. The third-order valence-corrected chi connectivity index (χ3v) is 4.16. The molecule has 0 unspecified atom stereocenters. The first kappa shape index (κ1) is 12.0. The van der Waals surface area contributed by atoms with Gasteiger partial charge in [-0.2, -0.15) is 0 Å². The zero-order valence-corrected chi connectivity index (χ0v) is 11.1. The largest absolute Gasteiger partial charge is 0.299 e. The van der Waals surface area contributed by atoms with E-state index < -0.39 is 0 Å². The first-order valence-corrected chi connectivity index (χ1v) is 6.90. The minimum atomic E-state index is 0.854. The van der Waals surface area contributed by atoms with Crippen LogP contribution >= 0.6 is 11.8 Å². The fourth-order valence-electron chi connectivity index (χ4n) is 2.12. The second-order valence-corrected chi connectivity index (χ2v) is 5.31. The minimum absolute atomic E-state index is 0.854. The molecule has 0 spiro atoms. The molecule has 0 bridgehead atoms. The van der Waals surface area contributed by atoms with Crippen LogP contribution in [0, 0.1) is 0 Å². The van der Waals surface area contributed by atoms with Crippen LogP contribution in [0.2, 0.25) is 0 Å². The van der Waals surface area contributed by atoms with Gasteiger partial charge in [0.15, 0.2) is 0 Å². The number of aldehydes is 1. The smallest absolute Gasteiger partial charge is 0.143 e. The van der Waals surface area contributed by atoms with Crippen LogP contribution in [0.15, 0.2) is 60.7 Å². The average molecular weight is 264 g/mol. The maximum Gasteiger partial charge on any atom is 0.143 e. The van der Waals surface area contributed by atoms with E-state index in [9.17, 15) is 4.79 Å². The molecular weight excluding hydrogens is 252 g/mol. The molecule has 3 rings (SSSR count). The van der Waals surface area contributed by atoms with Crippen molar-refractivity contribution >= 4 is 33.9 Å². The van der Waals surface area contributed by atoms with Crippen molar-refractivity contribution in [1.29, 1.82) is 0 Å². The molecule has 1 aliphatic rings. The fraction of sp³-hybridized carbons (Fsp3) is 0. The van der Waals surface area contributed by atoms with Crippen LogP contribution in [0.3, 0.4) is 0 Å². The maximum absolute atomic E-state index is 10.8. The molecule has 0 fully saturated rings. The lowest BCUT2D eigenvalue weighted by atomic mass is 10.0. The minimum Gasteiger partial charge on any atom is -0.299 e. The molecule has 0 aliphatic carbocycles. The van der Waals surface area contributed by atoms with Gasteiger partial charge in [-0.05, 0) is 28.8 Å². The van der Waals surface area contributed by atoms with E-state index in [1.807, 2.05) is 30.3 Å². The van der Waals surface area contributed by atoms with Crippen molar-refractivity contribution < 1.29 is 4.79 Å². The molecule has 2 aromatic rings. The fourth-order valence-corrected chi connectivity index (χ4v) is 3.22. The number of thioether (sulfide) groups is 1. The van der Waals surface area contributed by atoms with Crippen molar-refractivity contribution in [2.45, 2.75) is 0 Å². The lowest BCUT2D eigenvalue weighted by Crippen LogP contribution is -1.93. The molecule has 2 heteroatoms. The van der Waals surface area contributed by atoms with E-state index in [4.69, 9.17) is 0 Å². The van der Waals surface area contributed by atoms with Crippen LogP contribution in [-0.2, 0) is 4.79 Å². The maximum atomic E-state index is 10.8. The molecule has 1 aliphatic heterocycles. The van der Waals surface area contributed by atoms with Gasteiger partial charge in [0.2, 0.25) is 0 Å². The molecule has 1 heterocycles. The summed E-state index contributed by atoms with van der Waals surface area (Å²) in [6.45, 7) is 0. The summed E-state index contributed by atoms with van der Waals surface area (Å²) >= 11 is 1.64. The van der Waals surface area contributed by atoms with Crippen molar-refractivity contribution in [2.24, 2.45) is 0 Å². The summed E-state index contributed by atoms with van der Waals surface area (Å²) in [6.07, 6.45) is 4.67. The molecular formula is C17H12OS. The van der Waals surface area contributed by atoms with Crippen LogP contribution in [0.1, 0.15) is 16.7 Å². The molecule has 0 saturated heterocycles. The first-order valence-electron chi connectivity index (χ1n) is 6.08. The van der Waals surface area contributed by atoms with Gasteiger partial charge >= 0.3 is 0 Å². The molecule has 0 N–H and O–H groups in total. The summed E-state index contributed by atoms with van der Waals surface area (Å²) in [5.41, 5.74) is 3.46. The van der Waals surface area contributed by atoms with Gasteiger partial charge in [0.05, 0.1) is 0 Å². The second kappa shape index (κ2) is 5.29. The van der Waals surface area contributed by atoms with Crippen molar-refractivity contribution in [3.8, 4) is 0 Å². The summed E-state index contributed by atoms with van der Waals surface area (Å²) in [5, 5.41) is 0. The second-order valence-electron chi connectivity index (χ2n) is 4.23. The Morgan fingerprint density at radius 2 is 1.63 bits per heavy atom. The molecule has 0 amide bonds. The summed E-state index contributed by atoms with van der Waals surface area (Å²) in [5.74, 6) is 0. The number of hydrogen-bond donors (Lipinski definition) is 0. The summed E-state index contributed by atoms with van der Waals surface area (Å²) in [7, 11) is 0. The average Bonchev–Trinajstić information content (AvgIpc) is 2.48. The highest BCUT2D eigenvalue weighted by atomic mass is 32.2. The number of carbonyl (C=O) groups is 1. The summed E-state index contributed by atoms with van der Waals surface area (Å²) < 4.78 is 0. The lowest BCUT2D eigenvalue weighted by Gasteiger charge is -2.18. The third kappa shape index (κ3) is 2.40. The van der Waals surface area contributed by atoms with Gasteiger partial charge in [-0.25, -0.2) is 0 Å². The van der Waals surface area contributed by atoms with Crippen molar-refractivity contribution in [3.05, 3.63) is 77.4 Å². The van der Waals surface area contributed by atoms with Gasteiger partial charge in [0.25, 0.3) is 0 Å². The lowest BCUT2D eigenvalue weighted by molar-refractivity contribution is -0.104. The Labute approximate surface area is 116 Å². The molecule has 2 aromatic carbocycles. The van der Waals surface area contributed by atoms with E-state index in [2.05, 4.69) is 30.3 Å². The van der Waals surface area contributed by atoms with Crippen LogP contribution in [0.25, 0.3) is 15.9 Å². The first-order chi connectivity index (χ1) is 9.38. The highest BCUT2D eigenvalue weighted by Gasteiger charge is 2.16. The van der Waals surface area contributed by atoms with Gasteiger partial charge < -0.3 is 0 Å². The van der Waals surface area contributed by atoms with Crippen LogP contribution in [-0.4, -0.2) is 6.29 Å². The molecule has 19 heavy (non-hydrogen) atoms. The number of benzene rings is 2. The number of hydrogen-bond acceptors (Lipinski definition) is 2.